The highest BCUT2D eigenvalue weighted by molar-refractivity contribution is 5.32. The van der Waals surface area contributed by atoms with Crippen molar-refractivity contribution in [3.8, 4) is 0 Å². The summed E-state index contributed by atoms with van der Waals surface area (Å²) >= 11 is 0. The molecule has 2 atom stereocenters. The van der Waals surface area contributed by atoms with Crippen LogP contribution in [-0.2, 0) is 0 Å². The predicted molar refractivity (Wildman–Crippen MR) is 81.5 cm³/mol. The SMILES string of the molecule is C[C@@H]1C(CO)CN1C(c1ccccc1)c1ccccc1. The number of aliphatic hydroxyl groups is 1. The fraction of sp³-hybridized carbons (Fsp3) is 0.333. The zero-order valence-electron chi connectivity index (χ0n) is 11.8. The average molecular weight is 267 g/mol. The monoisotopic (exact) mass is 267 g/mol. The molecule has 0 saturated carbocycles. The van der Waals surface area contributed by atoms with Crippen LogP contribution >= 0.6 is 0 Å². The number of rotatable bonds is 4. The number of hydrogen-bond donors (Lipinski definition) is 1. The number of likely N-dealkylation sites (tertiary alicyclic amines) is 1. The Morgan fingerprint density at radius 3 is 1.90 bits per heavy atom. The van der Waals surface area contributed by atoms with Gasteiger partial charge < -0.3 is 5.11 Å². The summed E-state index contributed by atoms with van der Waals surface area (Å²) in [6, 6.07) is 22.0. The first-order valence-corrected chi connectivity index (χ1v) is 7.27. The van der Waals surface area contributed by atoms with Gasteiger partial charge in [-0.25, -0.2) is 0 Å². The van der Waals surface area contributed by atoms with Gasteiger partial charge in [-0.15, -0.1) is 0 Å². The van der Waals surface area contributed by atoms with Gasteiger partial charge in [-0.2, -0.15) is 0 Å². The van der Waals surface area contributed by atoms with Crippen LogP contribution in [0.5, 0.6) is 0 Å². The molecule has 1 aliphatic rings. The van der Waals surface area contributed by atoms with Gasteiger partial charge in [-0.1, -0.05) is 60.7 Å². The van der Waals surface area contributed by atoms with Gasteiger partial charge in [0.1, 0.15) is 0 Å². The van der Waals surface area contributed by atoms with Crippen LogP contribution in [-0.4, -0.2) is 29.2 Å². The molecule has 1 fully saturated rings. The molecule has 1 unspecified atom stereocenters. The Kier molecular flexibility index (Phi) is 3.86. The molecule has 0 aromatic heterocycles. The first-order valence-electron chi connectivity index (χ1n) is 7.27. The van der Waals surface area contributed by atoms with Gasteiger partial charge in [0, 0.05) is 25.1 Å². The van der Waals surface area contributed by atoms with E-state index in [9.17, 15) is 5.11 Å². The Morgan fingerprint density at radius 2 is 1.50 bits per heavy atom. The summed E-state index contributed by atoms with van der Waals surface area (Å²) in [5.41, 5.74) is 2.64. The standard InChI is InChI=1S/C18H21NO/c1-14-17(13-20)12-19(14)18(15-8-4-2-5-9-15)16-10-6-3-7-11-16/h2-11,14,17-18,20H,12-13H2,1H3/t14-,17?/m1/s1. The first-order chi connectivity index (χ1) is 9.81. The maximum absolute atomic E-state index is 9.37. The van der Waals surface area contributed by atoms with E-state index in [1.807, 2.05) is 0 Å². The van der Waals surface area contributed by atoms with Crippen molar-refractivity contribution in [3.63, 3.8) is 0 Å². The molecular formula is C18H21NO. The summed E-state index contributed by atoms with van der Waals surface area (Å²) in [4.78, 5) is 2.48. The summed E-state index contributed by atoms with van der Waals surface area (Å²) in [7, 11) is 0. The fourth-order valence-electron chi connectivity index (χ4n) is 3.12. The maximum Gasteiger partial charge on any atom is 0.0604 e. The lowest BCUT2D eigenvalue weighted by molar-refractivity contribution is -0.0278. The first kappa shape index (κ1) is 13.3. The molecule has 0 spiro atoms. The third-order valence-electron chi connectivity index (χ3n) is 4.45. The third-order valence-corrected chi connectivity index (χ3v) is 4.45. The third kappa shape index (κ3) is 2.37. The van der Waals surface area contributed by atoms with Crippen LogP contribution in [0.2, 0.25) is 0 Å². The molecule has 1 aliphatic heterocycles. The predicted octanol–water partition coefficient (Wildman–Crippen LogP) is 3.09. The molecule has 3 rings (SSSR count). The van der Waals surface area contributed by atoms with Crippen molar-refractivity contribution >= 4 is 0 Å². The summed E-state index contributed by atoms with van der Waals surface area (Å²) in [6.07, 6.45) is 0. The number of benzene rings is 2. The van der Waals surface area contributed by atoms with E-state index in [0.717, 1.165) is 6.54 Å². The Balaban J connectivity index is 1.94. The van der Waals surface area contributed by atoms with E-state index in [1.54, 1.807) is 0 Å². The molecule has 0 radical (unpaired) electrons. The second kappa shape index (κ2) is 5.78. The van der Waals surface area contributed by atoms with Crippen molar-refractivity contribution in [3.05, 3.63) is 71.8 Å². The van der Waals surface area contributed by atoms with Crippen LogP contribution in [0.4, 0.5) is 0 Å². The number of hydrogen-bond acceptors (Lipinski definition) is 2. The highest BCUT2D eigenvalue weighted by Gasteiger charge is 2.40. The van der Waals surface area contributed by atoms with Gasteiger partial charge in [0.15, 0.2) is 0 Å². The fourth-order valence-corrected chi connectivity index (χ4v) is 3.12. The molecular weight excluding hydrogens is 246 g/mol. The van der Waals surface area contributed by atoms with Crippen molar-refractivity contribution in [2.24, 2.45) is 5.92 Å². The normalized spacial score (nSPS) is 22.8. The Hall–Kier alpha value is -1.64. The molecule has 0 amide bonds. The van der Waals surface area contributed by atoms with Crippen LogP contribution in [0.15, 0.2) is 60.7 Å². The van der Waals surface area contributed by atoms with Crippen LogP contribution < -0.4 is 0 Å². The number of nitrogens with zero attached hydrogens (tertiary/aromatic N) is 1. The van der Waals surface area contributed by atoms with Crippen LogP contribution in [0.1, 0.15) is 24.1 Å². The Bertz CT molecular complexity index is 500. The topological polar surface area (TPSA) is 23.5 Å². The van der Waals surface area contributed by atoms with Gasteiger partial charge in [-0.05, 0) is 18.1 Å². The van der Waals surface area contributed by atoms with E-state index in [2.05, 4.69) is 72.5 Å². The van der Waals surface area contributed by atoms with E-state index in [0.29, 0.717) is 12.0 Å². The molecule has 1 heterocycles. The molecule has 2 aromatic carbocycles. The van der Waals surface area contributed by atoms with Gasteiger partial charge >= 0.3 is 0 Å². The highest BCUT2D eigenvalue weighted by Crippen LogP contribution is 2.38. The quantitative estimate of drug-likeness (QED) is 0.920. The van der Waals surface area contributed by atoms with E-state index < -0.39 is 0 Å². The average Bonchev–Trinajstić information content (AvgIpc) is 2.52. The largest absolute Gasteiger partial charge is 0.396 e. The van der Waals surface area contributed by atoms with Gasteiger partial charge in [0.2, 0.25) is 0 Å². The van der Waals surface area contributed by atoms with Crippen molar-refractivity contribution in [2.75, 3.05) is 13.2 Å². The van der Waals surface area contributed by atoms with Crippen molar-refractivity contribution in [1.82, 2.24) is 4.90 Å². The molecule has 1 N–H and O–H groups in total. The molecule has 0 bridgehead atoms. The molecule has 2 aromatic rings. The van der Waals surface area contributed by atoms with E-state index in [1.165, 1.54) is 11.1 Å². The summed E-state index contributed by atoms with van der Waals surface area (Å²) < 4.78 is 0. The molecule has 0 aliphatic carbocycles. The van der Waals surface area contributed by atoms with E-state index >= 15 is 0 Å². The van der Waals surface area contributed by atoms with E-state index in [4.69, 9.17) is 0 Å². The van der Waals surface area contributed by atoms with E-state index in [-0.39, 0.29) is 12.6 Å². The summed E-state index contributed by atoms with van der Waals surface area (Å²) in [6.45, 7) is 3.46. The highest BCUT2D eigenvalue weighted by atomic mass is 16.3. The Morgan fingerprint density at radius 1 is 1.00 bits per heavy atom. The van der Waals surface area contributed by atoms with Gasteiger partial charge in [0.25, 0.3) is 0 Å². The second-order valence-corrected chi connectivity index (χ2v) is 5.60. The minimum Gasteiger partial charge on any atom is -0.396 e. The van der Waals surface area contributed by atoms with Crippen LogP contribution in [0.25, 0.3) is 0 Å². The lowest BCUT2D eigenvalue weighted by atomic mass is 9.84. The van der Waals surface area contributed by atoms with Gasteiger partial charge in [0.05, 0.1) is 6.04 Å². The van der Waals surface area contributed by atoms with Crippen LogP contribution in [0.3, 0.4) is 0 Å². The van der Waals surface area contributed by atoms with Crippen molar-refractivity contribution < 1.29 is 5.11 Å². The molecule has 2 heteroatoms. The molecule has 1 saturated heterocycles. The van der Waals surface area contributed by atoms with Crippen molar-refractivity contribution in [2.45, 2.75) is 19.0 Å². The second-order valence-electron chi connectivity index (χ2n) is 5.60. The minimum atomic E-state index is 0.286. The van der Waals surface area contributed by atoms with Crippen molar-refractivity contribution in [1.29, 1.82) is 0 Å². The zero-order valence-corrected chi connectivity index (χ0v) is 11.8. The molecule has 104 valence electrons. The Labute approximate surface area is 120 Å². The minimum absolute atomic E-state index is 0.286. The smallest absolute Gasteiger partial charge is 0.0604 e. The van der Waals surface area contributed by atoms with Crippen LogP contribution in [0, 0.1) is 5.92 Å². The lowest BCUT2D eigenvalue weighted by Crippen LogP contribution is -2.57. The molecule has 20 heavy (non-hydrogen) atoms. The number of aliphatic hydroxyl groups excluding tert-OH is 1. The summed E-state index contributed by atoms with van der Waals surface area (Å²) in [5, 5.41) is 9.37. The lowest BCUT2D eigenvalue weighted by Gasteiger charge is -2.50. The van der Waals surface area contributed by atoms with Gasteiger partial charge in [-0.3, -0.25) is 4.90 Å². The summed E-state index contributed by atoms with van der Waals surface area (Å²) in [5.74, 6) is 0.407. The maximum atomic E-state index is 9.37. The molecule has 2 nitrogen and oxygen atoms in total. The zero-order chi connectivity index (χ0) is 13.9.